The molecule has 0 aliphatic heterocycles. The number of aryl methyl sites for hydroxylation is 1. The average molecular weight is 464 g/mol. The first kappa shape index (κ1) is 21.2. The quantitative estimate of drug-likeness (QED) is 0.383. The van der Waals surface area contributed by atoms with Gasteiger partial charge in [-0.2, -0.15) is 0 Å². The molecule has 0 spiro atoms. The van der Waals surface area contributed by atoms with E-state index in [1.807, 2.05) is 24.3 Å². The number of nitrogens with zero attached hydrogens (tertiary/aromatic N) is 2. The molecule has 2 N–H and O–H groups in total. The van der Waals surface area contributed by atoms with Gasteiger partial charge in [0.25, 0.3) is 0 Å². The van der Waals surface area contributed by atoms with Crippen LogP contribution in [0.15, 0.2) is 35.5 Å². The molecule has 174 valence electrons. The number of methoxy groups -OCH3 is 1. The lowest BCUT2D eigenvalue weighted by molar-refractivity contribution is 0.0110. The highest BCUT2D eigenvalue weighted by Crippen LogP contribution is 2.65. The van der Waals surface area contributed by atoms with E-state index in [0.717, 1.165) is 48.0 Å². The van der Waals surface area contributed by atoms with Crippen molar-refractivity contribution in [3.8, 4) is 5.75 Å². The Morgan fingerprint density at radius 2 is 1.94 bits per heavy atom. The minimum Gasteiger partial charge on any atom is -0.495 e. The molecule has 5 atom stereocenters. The van der Waals surface area contributed by atoms with Crippen molar-refractivity contribution < 1.29 is 9.94 Å². The summed E-state index contributed by atoms with van der Waals surface area (Å²) in [6.07, 6.45) is 10.4. The van der Waals surface area contributed by atoms with Crippen molar-refractivity contribution in [2.75, 3.05) is 12.4 Å². The third-order valence-corrected chi connectivity index (χ3v) is 10.5. The largest absolute Gasteiger partial charge is 0.495 e. The van der Waals surface area contributed by atoms with E-state index in [4.69, 9.17) is 9.72 Å². The first-order valence-electron chi connectivity index (χ1n) is 12.3. The Morgan fingerprint density at radius 3 is 2.76 bits per heavy atom. The van der Waals surface area contributed by atoms with Crippen molar-refractivity contribution in [1.29, 1.82) is 0 Å². The molecular formula is C27H33N3O2S. The van der Waals surface area contributed by atoms with Gasteiger partial charge < -0.3 is 15.3 Å². The van der Waals surface area contributed by atoms with Gasteiger partial charge in [0.2, 0.25) is 0 Å². The van der Waals surface area contributed by atoms with E-state index in [1.54, 1.807) is 18.4 Å². The Balaban J connectivity index is 1.33. The van der Waals surface area contributed by atoms with Crippen LogP contribution in [0.25, 0.3) is 5.57 Å². The summed E-state index contributed by atoms with van der Waals surface area (Å²) in [5, 5.41) is 17.8. The topological polar surface area (TPSA) is 66.7 Å². The number of nitrogens with one attached hydrogen (secondary N) is 1. The van der Waals surface area contributed by atoms with Gasteiger partial charge in [0, 0.05) is 5.41 Å². The molecule has 0 radical (unpaired) electrons. The zero-order valence-corrected chi connectivity index (χ0v) is 20.5. The van der Waals surface area contributed by atoms with Gasteiger partial charge in [0.15, 0.2) is 5.13 Å². The molecule has 2 aromatic rings. The minimum absolute atomic E-state index is 0.0910. The second-order valence-electron chi connectivity index (χ2n) is 10.8. The predicted octanol–water partition coefficient (Wildman–Crippen LogP) is 6.91. The molecule has 6 rings (SSSR count). The molecule has 33 heavy (non-hydrogen) atoms. The Labute approximate surface area is 200 Å². The molecule has 1 aromatic carbocycles. The Kier molecular flexibility index (Phi) is 4.88. The van der Waals surface area contributed by atoms with Crippen LogP contribution in [-0.2, 0) is 6.42 Å². The Hall–Kier alpha value is -2.34. The second kappa shape index (κ2) is 7.59. The molecule has 6 heteroatoms. The van der Waals surface area contributed by atoms with Crippen LogP contribution < -0.4 is 10.1 Å². The summed E-state index contributed by atoms with van der Waals surface area (Å²) < 4.78 is 5.52. The number of benzene rings is 1. The highest BCUT2D eigenvalue weighted by molar-refractivity contribution is 7.16. The number of thiazole rings is 1. The monoisotopic (exact) mass is 463 g/mol. The van der Waals surface area contributed by atoms with Crippen molar-refractivity contribution >= 4 is 33.4 Å². The van der Waals surface area contributed by atoms with Gasteiger partial charge in [-0.3, -0.25) is 0 Å². The van der Waals surface area contributed by atoms with Crippen molar-refractivity contribution in [1.82, 2.24) is 4.98 Å². The molecule has 0 bridgehead atoms. The molecule has 4 aliphatic rings. The summed E-state index contributed by atoms with van der Waals surface area (Å²) >= 11 is 1.80. The van der Waals surface area contributed by atoms with Crippen LogP contribution in [0.1, 0.15) is 62.9 Å². The van der Waals surface area contributed by atoms with Gasteiger partial charge in [0.05, 0.1) is 29.1 Å². The SMILES string of the molecule is COc1ccccc1Nc1nc2c(s1)C1=CC[C@@H]3[C@H](CC[C@]4(C)/C(=N/O)CC[C@@H]34)[C@@]1(C)CC2. The van der Waals surface area contributed by atoms with Gasteiger partial charge in [0.1, 0.15) is 5.75 Å². The van der Waals surface area contributed by atoms with E-state index in [1.165, 1.54) is 35.4 Å². The minimum atomic E-state index is 0.0910. The summed E-state index contributed by atoms with van der Waals surface area (Å²) in [5.74, 6) is 2.87. The predicted molar refractivity (Wildman–Crippen MR) is 134 cm³/mol. The number of ether oxygens (including phenoxy) is 1. The maximum Gasteiger partial charge on any atom is 0.188 e. The summed E-state index contributed by atoms with van der Waals surface area (Å²) in [6.45, 7) is 4.87. The molecule has 1 heterocycles. The summed E-state index contributed by atoms with van der Waals surface area (Å²) in [4.78, 5) is 6.39. The third-order valence-electron chi connectivity index (χ3n) is 9.50. The number of para-hydroxylation sites is 2. The number of hydrogen-bond acceptors (Lipinski definition) is 6. The maximum atomic E-state index is 9.61. The second-order valence-corrected chi connectivity index (χ2v) is 11.8. The number of rotatable bonds is 3. The maximum absolute atomic E-state index is 9.61. The van der Waals surface area contributed by atoms with E-state index in [0.29, 0.717) is 17.8 Å². The van der Waals surface area contributed by atoms with Gasteiger partial charge in [-0.25, -0.2) is 4.98 Å². The lowest BCUT2D eigenvalue weighted by Crippen LogP contribution is -2.49. The number of hydrogen-bond donors (Lipinski definition) is 2. The Morgan fingerprint density at radius 1 is 1.12 bits per heavy atom. The molecule has 1 aromatic heterocycles. The molecule has 4 aliphatic carbocycles. The summed E-state index contributed by atoms with van der Waals surface area (Å²) in [6, 6.07) is 8.02. The zero-order valence-electron chi connectivity index (χ0n) is 19.7. The highest BCUT2D eigenvalue weighted by atomic mass is 32.1. The molecule has 2 fully saturated rings. The number of anilines is 2. The van der Waals surface area contributed by atoms with Crippen LogP contribution in [0.3, 0.4) is 0 Å². The van der Waals surface area contributed by atoms with E-state index >= 15 is 0 Å². The van der Waals surface area contributed by atoms with E-state index in [-0.39, 0.29) is 10.8 Å². The number of aromatic nitrogens is 1. The fraction of sp³-hybridized carbons (Fsp3) is 0.556. The van der Waals surface area contributed by atoms with Crippen molar-refractivity contribution in [2.45, 2.75) is 58.8 Å². The Bertz CT molecular complexity index is 1150. The fourth-order valence-electron chi connectivity index (χ4n) is 7.75. The van der Waals surface area contributed by atoms with Gasteiger partial charge in [-0.05, 0) is 85.8 Å². The van der Waals surface area contributed by atoms with Crippen molar-refractivity contribution in [3.05, 3.63) is 40.9 Å². The van der Waals surface area contributed by atoms with Crippen LogP contribution in [0.5, 0.6) is 5.75 Å². The van der Waals surface area contributed by atoms with Gasteiger partial charge in [-0.15, -0.1) is 0 Å². The average Bonchev–Trinajstić information content (AvgIpc) is 3.38. The smallest absolute Gasteiger partial charge is 0.188 e. The molecular weight excluding hydrogens is 430 g/mol. The third kappa shape index (κ3) is 3.02. The first-order chi connectivity index (χ1) is 16.0. The molecule has 2 saturated carbocycles. The highest BCUT2D eigenvalue weighted by Gasteiger charge is 2.58. The number of fused-ring (bicyclic) bond motifs is 7. The van der Waals surface area contributed by atoms with E-state index < -0.39 is 0 Å². The van der Waals surface area contributed by atoms with Gasteiger partial charge >= 0.3 is 0 Å². The van der Waals surface area contributed by atoms with E-state index in [2.05, 4.69) is 30.4 Å². The van der Waals surface area contributed by atoms with Gasteiger partial charge in [-0.1, -0.05) is 48.5 Å². The molecule has 5 nitrogen and oxygen atoms in total. The van der Waals surface area contributed by atoms with Crippen LogP contribution in [-0.4, -0.2) is 23.0 Å². The number of allylic oxidation sites excluding steroid dienone is 2. The molecule has 0 amide bonds. The lowest BCUT2D eigenvalue weighted by atomic mass is 9.48. The van der Waals surface area contributed by atoms with E-state index in [9.17, 15) is 5.21 Å². The van der Waals surface area contributed by atoms with Crippen LogP contribution in [0.4, 0.5) is 10.8 Å². The van der Waals surface area contributed by atoms with Crippen molar-refractivity contribution in [2.24, 2.45) is 33.7 Å². The zero-order chi connectivity index (χ0) is 22.8. The van der Waals surface area contributed by atoms with Crippen LogP contribution in [0, 0.1) is 28.6 Å². The first-order valence-corrected chi connectivity index (χ1v) is 13.1. The number of oxime groups is 1. The van der Waals surface area contributed by atoms with Crippen LogP contribution >= 0.6 is 11.3 Å². The standard InChI is InChI=1S/C27H33N3O2S/c1-26-15-13-21-24(33-25(29-21)28-20-6-4-5-7-22(20)32-3)19(26)9-8-16-17-10-11-23(30-31)27(17,2)14-12-18(16)26/h4-7,9,16-18,31H,8,10-15H2,1-3H3,(H,28,29)/b30-23+/t16-,17-,18-,26+,27-/m0/s1. The van der Waals surface area contributed by atoms with Crippen LogP contribution in [0.2, 0.25) is 0 Å². The lowest BCUT2D eigenvalue weighted by Gasteiger charge is -2.56. The summed E-state index contributed by atoms with van der Waals surface area (Å²) in [7, 11) is 1.71. The van der Waals surface area contributed by atoms with Crippen molar-refractivity contribution in [3.63, 3.8) is 0 Å². The molecule has 0 saturated heterocycles. The normalized spacial score (nSPS) is 35.8. The fourth-order valence-corrected chi connectivity index (χ4v) is 8.95. The molecule has 0 unspecified atom stereocenters. The summed E-state index contributed by atoms with van der Waals surface area (Å²) in [5.41, 5.74) is 5.09.